The van der Waals surface area contributed by atoms with Crippen molar-refractivity contribution in [1.82, 2.24) is 5.32 Å². The summed E-state index contributed by atoms with van der Waals surface area (Å²) in [6, 6.07) is 8.56. The van der Waals surface area contributed by atoms with Crippen LogP contribution in [0.3, 0.4) is 0 Å². The van der Waals surface area contributed by atoms with Crippen LogP contribution in [0, 0.1) is 5.41 Å². The van der Waals surface area contributed by atoms with Crippen molar-refractivity contribution < 1.29 is 4.79 Å². The Bertz CT molecular complexity index is 402. The molecule has 0 aliphatic carbocycles. The lowest BCUT2D eigenvalue weighted by molar-refractivity contribution is -0.128. The maximum absolute atomic E-state index is 11.7. The maximum atomic E-state index is 11.7. The number of carbonyl (C=O) groups excluding carboxylic acids is 1. The molecule has 19 heavy (non-hydrogen) atoms. The van der Waals surface area contributed by atoms with E-state index in [0.29, 0.717) is 0 Å². The summed E-state index contributed by atoms with van der Waals surface area (Å²) in [4.78, 5) is 13.8. The molecule has 0 aromatic heterocycles. The van der Waals surface area contributed by atoms with E-state index < -0.39 is 0 Å². The second-order valence-electron chi connectivity index (χ2n) is 6.17. The molecule has 1 N–H and O–H groups in total. The van der Waals surface area contributed by atoms with E-state index in [2.05, 4.69) is 34.5 Å². The van der Waals surface area contributed by atoms with Gasteiger partial charge in [-0.3, -0.25) is 4.79 Å². The van der Waals surface area contributed by atoms with Crippen LogP contribution in [0.15, 0.2) is 24.3 Å². The number of anilines is 1. The largest absolute Gasteiger partial charge is 0.378 e. The van der Waals surface area contributed by atoms with Crippen LogP contribution in [0.5, 0.6) is 0 Å². The van der Waals surface area contributed by atoms with Crippen LogP contribution in [0.4, 0.5) is 5.69 Å². The molecule has 1 amide bonds. The van der Waals surface area contributed by atoms with Gasteiger partial charge >= 0.3 is 0 Å². The monoisotopic (exact) mass is 262 g/mol. The van der Waals surface area contributed by atoms with Crippen LogP contribution < -0.4 is 10.2 Å². The number of carbonyl (C=O) groups is 1. The van der Waals surface area contributed by atoms with Gasteiger partial charge in [-0.25, -0.2) is 0 Å². The van der Waals surface area contributed by atoms with Gasteiger partial charge in [-0.1, -0.05) is 32.9 Å². The number of hydrogen-bond acceptors (Lipinski definition) is 2. The predicted octanol–water partition coefficient (Wildman–Crippen LogP) is 2.85. The molecule has 3 nitrogen and oxygen atoms in total. The highest BCUT2D eigenvalue weighted by Gasteiger charge is 2.19. The Morgan fingerprint density at radius 1 is 1.16 bits per heavy atom. The van der Waals surface area contributed by atoms with Gasteiger partial charge in [0.1, 0.15) is 0 Å². The van der Waals surface area contributed by atoms with Crippen molar-refractivity contribution in [2.75, 3.05) is 25.5 Å². The second-order valence-corrected chi connectivity index (χ2v) is 6.17. The van der Waals surface area contributed by atoms with E-state index in [0.717, 1.165) is 19.4 Å². The molecule has 0 saturated heterocycles. The van der Waals surface area contributed by atoms with E-state index >= 15 is 0 Å². The van der Waals surface area contributed by atoms with E-state index in [-0.39, 0.29) is 11.3 Å². The molecule has 0 spiro atoms. The summed E-state index contributed by atoms with van der Waals surface area (Å²) in [6.45, 7) is 6.54. The Morgan fingerprint density at radius 3 is 2.21 bits per heavy atom. The molecule has 3 heteroatoms. The van der Waals surface area contributed by atoms with E-state index in [1.54, 1.807) is 0 Å². The van der Waals surface area contributed by atoms with E-state index in [4.69, 9.17) is 0 Å². The molecule has 0 aliphatic heterocycles. The lowest BCUT2D eigenvalue weighted by Gasteiger charge is -2.17. The van der Waals surface area contributed by atoms with Crippen molar-refractivity contribution in [3.63, 3.8) is 0 Å². The maximum Gasteiger partial charge on any atom is 0.225 e. The third-order valence-electron chi connectivity index (χ3n) is 3.06. The van der Waals surface area contributed by atoms with Gasteiger partial charge in [-0.15, -0.1) is 0 Å². The van der Waals surface area contributed by atoms with E-state index in [9.17, 15) is 4.79 Å². The Hall–Kier alpha value is -1.51. The normalized spacial score (nSPS) is 11.2. The van der Waals surface area contributed by atoms with Crippen LogP contribution in [-0.2, 0) is 11.2 Å². The van der Waals surface area contributed by atoms with Gasteiger partial charge in [0.15, 0.2) is 0 Å². The van der Waals surface area contributed by atoms with Crippen LogP contribution in [0.1, 0.15) is 32.8 Å². The molecule has 106 valence electrons. The fourth-order valence-electron chi connectivity index (χ4n) is 1.72. The van der Waals surface area contributed by atoms with Crippen LogP contribution in [-0.4, -0.2) is 26.5 Å². The first-order chi connectivity index (χ1) is 8.80. The molecule has 0 bridgehead atoms. The Balaban J connectivity index is 2.32. The number of nitrogens with zero attached hydrogens (tertiary/aromatic N) is 1. The molecule has 0 saturated carbocycles. The van der Waals surface area contributed by atoms with Crippen LogP contribution in [0.2, 0.25) is 0 Å². The Morgan fingerprint density at radius 2 is 1.74 bits per heavy atom. The van der Waals surface area contributed by atoms with E-state index in [1.165, 1.54) is 11.3 Å². The molecule has 0 fully saturated rings. The summed E-state index contributed by atoms with van der Waals surface area (Å²) in [5.41, 5.74) is 2.23. The second kappa shape index (κ2) is 6.60. The first kappa shape index (κ1) is 15.5. The fraction of sp³-hybridized carbons (Fsp3) is 0.562. The molecular formula is C16H26N2O. The van der Waals surface area contributed by atoms with Crippen LogP contribution in [0.25, 0.3) is 0 Å². The zero-order chi connectivity index (χ0) is 14.5. The predicted molar refractivity (Wildman–Crippen MR) is 81.6 cm³/mol. The average Bonchev–Trinajstić information content (AvgIpc) is 2.33. The zero-order valence-corrected chi connectivity index (χ0v) is 12.8. The molecule has 0 heterocycles. The smallest absolute Gasteiger partial charge is 0.225 e. The zero-order valence-electron chi connectivity index (χ0n) is 12.8. The summed E-state index contributed by atoms with van der Waals surface area (Å²) < 4.78 is 0. The first-order valence-electron chi connectivity index (χ1n) is 6.85. The van der Waals surface area contributed by atoms with Gasteiger partial charge in [-0.2, -0.15) is 0 Å². The van der Waals surface area contributed by atoms with Gasteiger partial charge in [0, 0.05) is 31.7 Å². The number of hydrogen-bond donors (Lipinski definition) is 1. The highest BCUT2D eigenvalue weighted by atomic mass is 16.2. The quantitative estimate of drug-likeness (QED) is 0.828. The highest BCUT2D eigenvalue weighted by molar-refractivity contribution is 5.81. The molecule has 0 atom stereocenters. The SMILES string of the molecule is CN(C)c1ccc(CCCNC(=O)C(C)(C)C)cc1. The van der Waals surface area contributed by atoms with Gasteiger partial charge in [-0.05, 0) is 30.5 Å². The fourth-order valence-corrected chi connectivity index (χ4v) is 1.72. The molecule has 1 rings (SSSR count). The van der Waals surface area contributed by atoms with Gasteiger partial charge in [0.25, 0.3) is 0 Å². The van der Waals surface area contributed by atoms with Crippen LogP contribution >= 0.6 is 0 Å². The van der Waals surface area contributed by atoms with Crippen molar-refractivity contribution in [1.29, 1.82) is 0 Å². The van der Waals surface area contributed by atoms with Crippen molar-refractivity contribution >= 4 is 11.6 Å². The third-order valence-corrected chi connectivity index (χ3v) is 3.06. The molecular weight excluding hydrogens is 236 g/mol. The number of benzene rings is 1. The van der Waals surface area contributed by atoms with Crippen molar-refractivity contribution in [3.8, 4) is 0 Å². The van der Waals surface area contributed by atoms with Crippen molar-refractivity contribution in [3.05, 3.63) is 29.8 Å². The lowest BCUT2D eigenvalue weighted by Crippen LogP contribution is -2.35. The van der Waals surface area contributed by atoms with Crippen molar-refractivity contribution in [2.45, 2.75) is 33.6 Å². The summed E-state index contributed by atoms with van der Waals surface area (Å²) in [6.07, 6.45) is 1.97. The summed E-state index contributed by atoms with van der Waals surface area (Å²) >= 11 is 0. The number of rotatable bonds is 5. The van der Waals surface area contributed by atoms with Gasteiger partial charge < -0.3 is 10.2 Å². The third kappa shape index (κ3) is 5.33. The molecule has 1 aromatic carbocycles. The minimum atomic E-state index is -0.298. The molecule has 0 aliphatic rings. The Kier molecular flexibility index (Phi) is 5.40. The molecule has 0 radical (unpaired) electrons. The minimum absolute atomic E-state index is 0.121. The first-order valence-corrected chi connectivity index (χ1v) is 6.85. The van der Waals surface area contributed by atoms with Gasteiger partial charge in [0.2, 0.25) is 5.91 Å². The molecule has 0 unspecified atom stereocenters. The number of aryl methyl sites for hydroxylation is 1. The summed E-state index contributed by atoms with van der Waals surface area (Å²) in [5.74, 6) is 0.121. The molecule has 1 aromatic rings. The highest BCUT2D eigenvalue weighted by Crippen LogP contribution is 2.14. The van der Waals surface area contributed by atoms with E-state index in [1.807, 2.05) is 34.9 Å². The summed E-state index contributed by atoms with van der Waals surface area (Å²) in [5, 5.41) is 2.98. The topological polar surface area (TPSA) is 32.3 Å². The lowest BCUT2D eigenvalue weighted by atomic mass is 9.95. The number of nitrogens with one attached hydrogen (secondary N) is 1. The van der Waals surface area contributed by atoms with Crippen molar-refractivity contribution in [2.24, 2.45) is 5.41 Å². The minimum Gasteiger partial charge on any atom is -0.378 e. The average molecular weight is 262 g/mol. The Labute approximate surface area is 117 Å². The standard InChI is InChI=1S/C16H26N2O/c1-16(2,3)15(19)17-12-6-7-13-8-10-14(11-9-13)18(4)5/h8-11H,6-7,12H2,1-5H3,(H,17,19). The summed E-state index contributed by atoms with van der Waals surface area (Å²) in [7, 11) is 4.08. The van der Waals surface area contributed by atoms with Gasteiger partial charge in [0.05, 0.1) is 0 Å². The number of amides is 1.